The van der Waals surface area contributed by atoms with Gasteiger partial charge in [-0.25, -0.2) is 8.42 Å². The number of nitrogens with zero attached hydrogens (tertiary/aromatic N) is 3. The number of sulfonamides is 1. The van der Waals surface area contributed by atoms with E-state index in [0.29, 0.717) is 24.3 Å². The van der Waals surface area contributed by atoms with Crippen LogP contribution in [0.25, 0.3) is 0 Å². The maximum absolute atomic E-state index is 13.2. The molecule has 0 unspecified atom stereocenters. The van der Waals surface area contributed by atoms with E-state index in [1.807, 2.05) is 51.0 Å². The molecule has 34 heavy (non-hydrogen) atoms. The molecule has 186 valence electrons. The summed E-state index contributed by atoms with van der Waals surface area (Å²) in [7, 11) is 0.132. The predicted octanol–water partition coefficient (Wildman–Crippen LogP) is 2.48. The van der Waals surface area contributed by atoms with Crippen LogP contribution in [0.1, 0.15) is 29.8 Å². The molecule has 1 heterocycles. The van der Waals surface area contributed by atoms with Gasteiger partial charge in [-0.2, -0.15) is 0 Å². The van der Waals surface area contributed by atoms with Gasteiger partial charge in [-0.05, 0) is 63.3 Å². The van der Waals surface area contributed by atoms with Crippen LogP contribution in [-0.4, -0.2) is 84.0 Å². The number of hydrogen-bond donors (Lipinski definition) is 2. The van der Waals surface area contributed by atoms with E-state index in [-0.39, 0.29) is 10.8 Å². The predicted molar refractivity (Wildman–Crippen MR) is 138 cm³/mol. The minimum atomic E-state index is -3.81. The summed E-state index contributed by atoms with van der Waals surface area (Å²) in [6.07, 6.45) is 0.840. The fraction of sp³-hybridized carbons (Fsp3) is 0.480. The fourth-order valence-electron chi connectivity index (χ4n) is 3.95. The van der Waals surface area contributed by atoms with Crippen molar-refractivity contribution in [2.24, 2.45) is 0 Å². The zero-order chi connectivity index (χ0) is 24.7. The maximum Gasteiger partial charge on any atom is 0.261 e. The molecule has 0 saturated carbocycles. The highest BCUT2D eigenvalue weighted by atomic mass is 32.2. The molecule has 2 aromatic rings. The molecular formula is C25H37N5O3S. The van der Waals surface area contributed by atoms with E-state index < -0.39 is 10.0 Å². The van der Waals surface area contributed by atoms with Crippen molar-refractivity contribution < 1.29 is 13.2 Å². The van der Waals surface area contributed by atoms with Gasteiger partial charge in [-0.1, -0.05) is 19.1 Å². The number of piperazine rings is 1. The van der Waals surface area contributed by atoms with Crippen LogP contribution < -0.4 is 14.9 Å². The Morgan fingerprint density at radius 3 is 2.29 bits per heavy atom. The van der Waals surface area contributed by atoms with E-state index >= 15 is 0 Å². The highest BCUT2D eigenvalue weighted by Gasteiger charge is 2.23. The van der Waals surface area contributed by atoms with Crippen LogP contribution >= 0.6 is 0 Å². The molecule has 1 aliphatic heterocycles. The topological polar surface area (TPSA) is 85.0 Å². The Morgan fingerprint density at radius 2 is 1.71 bits per heavy atom. The van der Waals surface area contributed by atoms with Crippen molar-refractivity contribution in [3.63, 3.8) is 0 Å². The molecule has 1 amide bonds. The zero-order valence-electron chi connectivity index (χ0n) is 20.7. The minimum Gasteiger partial charge on any atom is -0.367 e. The Morgan fingerprint density at radius 1 is 1.03 bits per heavy atom. The molecule has 2 aromatic carbocycles. The van der Waals surface area contributed by atoms with Crippen LogP contribution in [0.2, 0.25) is 0 Å². The van der Waals surface area contributed by atoms with Gasteiger partial charge in [0.25, 0.3) is 15.9 Å². The molecule has 0 spiro atoms. The molecule has 3 rings (SSSR count). The van der Waals surface area contributed by atoms with Gasteiger partial charge in [0, 0.05) is 51.4 Å². The summed E-state index contributed by atoms with van der Waals surface area (Å²) in [6, 6.07) is 12.2. The van der Waals surface area contributed by atoms with E-state index in [1.165, 1.54) is 0 Å². The lowest BCUT2D eigenvalue weighted by Gasteiger charge is -2.31. The average molecular weight is 488 g/mol. The van der Waals surface area contributed by atoms with Crippen molar-refractivity contribution in [3.05, 3.63) is 53.6 Å². The van der Waals surface area contributed by atoms with E-state index in [4.69, 9.17) is 0 Å². The largest absolute Gasteiger partial charge is 0.367 e. The van der Waals surface area contributed by atoms with Crippen molar-refractivity contribution in [2.75, 3.05) is 69.5 Å². The number of nitrogens with one attached hydrogen (secondary N) is 2. The molecule has 1 aliphatic rings. The number of aryl methyl sites for hydroxylation is 1. The first kappa shape index (κ1) is 26.0. The standard InChI is InChI=1S/C25H37N5O3S/c1-5-20-7-10-22(11-8-20)34(32,33)27-23-19-21(25(31)29(6-2)18-17-28(3)4)9-12-24(23)30-15-13-26-14-16-30/h7-12,19,26-27H,5-6,13-18H2,1-4H3. The Balaban J connectivity index is 1.95. The molecule has 8 nitrogen and oxygen atoms in total. The number of benzene rings is 2. The first-order valence-corrected chi connectivity index (χ1v) is 13.4. The number of carbonyl (C=O) groups is 1. The van der Waals surface area contributed by atoms with Crippen LogP contribution in [0, 0.1) is 0 Å². The van der Waals surface area contributed by atoms with Crippen LogP contribution in [-0.2, 0) is 16.4 Å². The van der Waals surface area contributed by atoms with Gasteiger partial charge >= 0.3 is 0 Å². The number of likely N-dealkylation sites (N-methyl/N-ethyl adjacent to an activating group) is 2. The van der Waals surface area contributed by atoms with Gasteiger partial charge in [-0.15, -0.1) is 0 Å². The molecule has 1 fully saturated rings. The SMILES string of the molecule is CCc1ccc(S(=O)(=O)Nc2cc(C(=O)N(CC)CCN(C)C)ccc2N2CCNCC2)cc1. The van der Waals surface area contributed by atoms with Gasteiger partial charge < -0.3 is 20.0 Å². The van der Waals surface area contributed by atoms with E-state index in [0.717, 1.165) is 50.4 Å². The van der Waals surface area contributed by atoms with Gasteiger partial charge in [0.2, 0.25) is 0 Å². The summed E-state index contributed by atoms with van der Waals surface area (Å²) in [4.78, 5) is 19.4. The third-order valence-corrected chi connectivity index (χ3v) is 7.45. The van der Waals surface area contributed by atoms with Gasteiger partial charge in [-0.3, -0.25) is 9.52 Å². The summed E-state index contributed by atoms with van der Waals surface area (Å²) in [5.41, 5.74) is 2.75. The van der Waals surface area contributed by atoms with Crippen LogP contribution in [0.5, 0.6) is 0 Å². The second kappa shape index (κ2) is 11.7. The first-order chi connectivity index (χ1) is 16.2. The lowest BCUT2D eigenvalue weighted by atomic mass is 10.1. The monoisotopic (exact) mass is 487 g/mol. The number of carbonyl (C=O) groups excluding carboxylic acids is 1. The lowest BCUT2D eigenvalue weighted by molar-refractivity contribution is 0.0754. The Kier molecular flexibility index (Phi) is 8.93. The summed E-state index contributed by atoms with van der Waals surface area (Å²) in [5.74, 6) is -0.107. The fourth-order valence-corrected chi connectivity index (χ4v) is 5.01. The van der Waals surface area contributed by atoms with Crippen molar-refractivity contribution in [1.82, 2.24) is 15.1 Å². The van der Waals surface area contributed by atoms with E-state index in [9.17, 15) is 13.2 Å². The Hall–Kier alpha value is -2.62. The average Bonchev–Trinajstić information content (AvgIpc) is 2.84. The molecule has 2 N–H and O–H groups in total. The molecule has 1 saturated heterocycles. The third kappa shape index (κ3) is 6.49. The molecule has 0 aliphatic carbocycles. The quantitative estimate of drug-likeness (QED) is 0.536. The van der Waals surface area contributed by atoms with Crippen LogP contribution in [0.15, 0.2) is 47.4 Å². The number of rotatable bonds is 10. The minimum absolute atomic E-state index is 0.107. The molecule has 0 bridgehead atoms. The van der Waals surface area contributed by atoms with Gasteiger partial charge in [0.15, 0.2) is 0 Å². The van der Waals surface area contributed by atoms with Crippen molar-refractivity contribution >= 4 is 27.3 Å². The highest BCUT2D eigenvalue weighted by molar-refractivity contribution is 7.92. The maximum atomic E-state index is 13.2. The third-order valence-electron chi connectivity index (χ3n) is 6.07. The summed E-state index contributed by atoms with van der Waals surface area (Å²) < 4.78 is 29.3. The normalized spacial score (nSPS) is 14.3. The summed E-state index contributed by atoms with van der Waals surface area (Å²) in [6.45, 7) is 9.08. The zero-order valence-corrected chi connectivity index (χ0v) is 21.5. The van der Waals surface area contributed by atoms with Crippen molar-refractivity contribution in [3.8, 4) is 0 Å². The Labute approximate surface area is 204 Å². The van der Waals surface area contributed by atoms with Crippen LogP contribution in [0.3, 0.4) is 0 Å². The Bertz CT molecular complexity index is 1060. The number of hydrogen-bond acceptors (Lipinski definition) is 6. The first-order valence-electron chi connectivity index (χ1n) is 11.9. The van der Waals surface area contributed by atoms with E-state index in [2.05, 4.69) is 14.9 Å². The smallest absolute Gasteiger partial charge is 0.261 e. The molecule has 9 heteroatoms. The lowest BCUT2D eigenvalue weighted by Crippen LogP contribution is -2.44. The molecule has 0 atom stereocenters. The highest BCUT2D eigenvalue weighted by Crippen LogP contribution is 2.30. The summed E-state index contributed by atoms with van der Waals surface area (Å²) >= 11 is 0. The van der Waals surface area contributed by atoms with Crippen molar-refractivity contribution in [1.29, 1.82) is 0 Å². The van der Waals surface area contributed by atoms with E-state index in [1.54, 1.807) is 29.2 Å². The second-order valence-electron chi connectivity index (χ2n) is 8.76. The van der Waals surface area contributed by atoms with Gasteiger partial charge in [0.1, 0.15) is 0 Å². The molecular weight excluding hydrogens is 450 g/mol. The van der Waals surface area contributed by atoms with Crippen LogP contribution in [0.4, 0.5) is 11.4 Å². The summed E-state index contributed by atoms with van der Waals surface area (Å²) in [5, 5.41) is 3.32. The van der Waals surface area contributed by atoms with Crippen molar-refractivity contribution in [2.45, 2.75) is 25.2 Å². The van der Waals surface area contributed by atoms with Gasteiger partial charge in [0.05, 0.1) is 16.3 Å². The molecule has 0 radical (unpaired) electrons. The number of anilines is 2. The molecule has 0 aromatic heterocycles. The number of amides is 1. The second-order valence-corrected chi connectivity index (χ2v) is 10.4.